The Labute approximate surface area is 139 Å². The fourth-order valence-corrected chi connectivity index (χ4v) is 3.41. The van der Waals surface area contributed by atoms with Gasteiger partial charge in [0.25, 0.3) is 0 Å². The number of Topliss-reactive ketones (excluding diaryl/α,β-unsaturated/α-hetero) is 1. The molecule has 23 heavy (non-hydrogen) atoms. The minimum Gasteiger partial charge on any atom is -0.468 e. The smallest absolute Gasteiger partial charge is 0.174 e. The van der Waals surface area contributed by atoms with Crippen LogP contribution >= 0.6 is 11.8 Å². The Morgan fingerprint density at radius 3 is 2.48 bits per heavy atom. The second kappa shape index (κ2) is 6.96. The van der Waals surface area contributed by atoms with Crippen LogP contribution < -0.4 is 0 Å². The van der Waals surface area contributed by atoms with Crippen LogP contribution in [0.4, 0.5) is 0 Å². The lowest BCUT2D eigenvalue weighted by molar-refractivity contribution is 0.102. The van der Waals surface area contributed by atoms with Gasteiger partial charge in [-0.3, -0.25) is 4.79 Å². The van der Waals surface area contributed by atoms with E-state index in [0.29, 0.717) is 18.1 Å². The lowest BCUT2D eigenvalue weighted by Crippen LogP contribution is -2.07. The topological polar surface area (TPSA) is 48.3 Å². The molecule has 0 aliphatic carbocycles. The molecule has 0 amide bonds. The number of furan rings is 2. The molecule has 0 aromatic carbocycles. The van der Waals surface area contributed by atoms with E-state index in [1.54, 1.807) is 24.3 Å². The molecule has 0 spiro atoms. The molecule has 0 atom stereocenters. The molecule has 0 aliphatic heterocycles. The molecule has 120 valence electrons. The van der Waals surface area contributed by atoms with Crippen LogP contribution in [-0.4, -0.2) is 16.1 Å². The highest BCUT2D eigenvalue weighted by molar-refractivity contribution is 7.99. The van der Waals surface area contributed by atoms with E-state index in [-0.39, 0.29) is 5.78 Å². The first-order valence-corrected chi connectivity index (χ1v) is 8.63. The summed E-state index contributed by atoms with van der Waals surface area (Å²) in [5, 5.41) is 0. The van der Waals surface area contributed by atoms with E-state index >= 15 is 0 Å². The number of ketones is 1. The highest BCUT2D eigenvalue weighted by Gasteiger charge is 2.16. The highest BCUT2D eigenvalue weighted by atomic mass is 32.2. The molecule has 0 aliphatic rings. The van der Waals surface area contributed by atoms with Crippen molar-refractivity contribution in [2.24, 2.45) is 0 Å². The zero-order valence-electron chi connectivity index (χ0n) is 13.2. The molecule has 0 saturated carbocycles. The zero-order chi connectivity index (χ0) is 16.2. The van der Waals surface area contributed by atoms with Gasteiger partial charge in [-0.15, -0.1) is 11.8 Å². The number of aromatic nitrogens is 1. The summed E-state index contributed by atoms with van der Waals surface area (Å²) in [6.45, 7) is 4.65. The van der Waals surface area contributed by atoms with Crippen molar-refractivity contribution >= 4 is 17.5 Å². The third-order valence-electron chi connectivity index (χ3n) is 3.83. The van der Waals surface area contributed by atoms with Crippen LogP contribution in [0.1, 0.15) is 33.3 Å². The average Bonchev–Trinajstić information content (AvgIpc) is 3.26. The van der Waals surface area contributed by atoms with Gasteiger partial charge in [-0.1, -0.05) is 0 Å². The first-order valence-electron chi connectivity index (χ1n) is 7.47. The van der Waals surface area contributed by atoms with E-state index < -0.39 is 0 Å². The Morgan fingerprint density at radius 1 is 1.13 bits per heavy atom. The van der Waals surface area contributed by atoms with Crippen molar-refractivity contribution < 1.29 is 13.6 Å². The maximum atomic E-state index is 12.5. The van der Waals surface area contributed by atoms with Gasteiger partial charge in [-0.05, 0) is 44.2 Å². The van der Waals surface area contributed by atoms with Crippen LogP contribution in [0.25, 0.3) is 0 Å². The zero-order valence-corrected chi connectivity index (χ0v) is 14.1. The number of carbonyl (C=O) groups is 1. The molecule has 5 heteroatoms. The Morgan fingerprint density at radius 2 is 1.83 bits per heavy atom. The van der Waals surface area contributed by atoms with Crippen molar-refractivity contribution in [3.05, 3.63) is 71.3 Å². The Balaban J connectivity index is 1.66. The number of rotatable bonds is 7. The number of hydrogen-bond acceptors (Lipinski definition) is 4. The molecule has 0 N–H and O–H groups in total. The van der Waals surface area contributed by atoms with Crippen LogP contribution in [0.15, 0.2) is 51.7 Å². The van der Waals surface area contributed by atoms with Gasteiger partial charge in [0, 0.05) is 17.0 Å². The van der Waals surface area contributed by atoms with Crippen LogP contribution in [0.5, 0.6) is 0 Å². The van der Waals surface area contributed by atoms with E-state index in [2.05, 4.69) is 4.57 Å². The van der Waals surface area contributed by atoms with E-state index in [4.69, 9.17) is 8.83 Å². The monoisotopic (exact) mass is 329 g/mol. The van der Waals surface area contributed by atoms with E-state index in [1.165, 1.54) is 0 Å². The number of thioether (sulfide) groups is 1. The summed E-state index contributed by atoms with van der Waals surface area (Å²) in [7, 11) is 0. The molecular weight excluding hydrogens is 310 g/mol. The quantitative estimate of drug-likeness (QED) is 0.601. The van der Waals surface area contributed by atoms with E-state index in [0.717, 1.165) is 28.5 Å². The van der Waals surface area contributed by atoms with Gasteiger partial charge >= 0.3 is 0 Å². The molecule has 0 unspecified atom stereocenters. The van der Waals surface area contributed by atoms with Gasteiger partial charge in [-0.25, -0.2) is 0 Å². The molecule has 3 rings (SSSR count). The predicted octanol–water partition coefficient (Wildman–Crippen LogP) is 4.46. The van der Waals surface area contributed by atoms with Crippen LogP contribution in [0, 0.1) is 13.8 Å². The first-order chi connectivity index (χ1) is 11.1. The number of carbonyl (C=O) groups excluding carboxylic acids is 1. The summed E-state index contributed by atoms with van der Waals surface area (Å²) in [5.41, 5.74) is 2.85. The number of nitrogens with zero attached hydrogens (tertiary/aromatic N) is 1. The van der Waals surface area contributed by atoms with Gasteiger partial charge in [0.2, 0.25) is 0 Å². The summed E-state index contributed by atoms with van der Waals surface area (Å²) in [6, 6.07) is 9.57. The van der Waals surface area contributed by atoms with Crippen molar-refractivity contribution in [2.45, 2.75) is 26.1 Å². The van der Waals surface area contributed by atoms with Gasteiger partial charge in [0.15, 0.2) is 5.78 Å². The molecule has 4 nitrogen and oxygen atoms in total. The molecule has 0 fully saturated rings. The number of hydrogen-bond donors (Lipinski definition) is 0. The van der Waals surface area contributed by atoms with Crippen molar-refractivity contribution in [1.82, 2.24) is 4.57 Å². The second-order valence-corrected chi connectivity index (χ2v) is 6.43. The molecule has 3 aromatic rings. The van der Waals surface area contributed by atoms with Crippen molar-refractivity contribution in [1.29, 1.82) is 0 Å². The fraction of sp³-hybridized carbons (Fsp3) is 0.278. The Kier molecular flexibility index (Phi) is 4.76. The number of aryl methyl sites for hydroxylation is 1. The van der Waals surface area contributed by atoms with Crippen LogP contribution in [0.3, 0.4) is 0 Å². The summed E-state index contributed by atoms with van der Waals surface area (Å²) in [4.78, 5) is 12.5. The molecule has 0 radical (unpaired) electrons. The predicted molar refractivity (Wildman–Crippen MR) is 90.9 cm³/mol. The van der Waals surface area contributed by atoms with Gasteiger partial charge in [0.1, 0.15) is 11.5 Å². The lowest BCUT2D eigenvalue weighted by Gasteiger charge is -2.07. The van der Waals surface area contributed by atoms with Crippen molar-refractivity contribution in [2.75, 3.05) is 5.75 Å². The van der Waals surface area contributed by atoms with E-state index in [1.807, 2.05) is 44.2 Å². The highest BCUT2D eigenvalue weighted by Crippen LogP contribution is 2.20. The summed E-state index contributed by atoms with van der Waals surface area (Å²) >= 11 is 1.57. The average molecular weight is 329 g/mol. The fourth-order valence-electron chi connectivity index (χ4n) is 2.60. The van der Waals surface area contributed by atoms with Crippen molar-refractivity contribution in [3.63, 3.8) is 0 Å². The minimum atomic E-state index is 0.153. The third-order valence-corrected chi connectivity index (χ3v) is 4.78. The van der Waals surface area contributed by atoms with Gasteiger partial charge < -0.3 is 13.4 Å². The lowest BCUT2D eigenvalue weighted by atomic mass is 10.2. The molecule has 0 bridgehead atoms. The summed E-state index contributed by atoms with van der Waals surface area (Å²) in [6.07, 6.45) is 3.32. The maximum absolute atomic E-state index is 12.5. The van der Waals surface area contributed by atoms with Crippen LogP contribution in [-0.2, 0) is 12.3 Å². The largest absolute Gasteiger partial charge is 0.468 e. The second-order valence-electron chi connectivity index (χ2n) is 5.45. The molecular formula is C18H19NO3S. The van der Waals surface area contributed by atoms with Crippen molar-refractivity contribution in [3.8, 4) is 0 Å². The SMILES string of the molecule is Cc1cc(C(=O)CSCc2ccco2)c(C)n1Cc1ccco1. The molecule has 3 aromatic heterocycles. The summed E-state index contributed by atoms with van der Waals surface area (Å²) in [5.74, 6) is 3.10. The Hall–Kier alpha value is -2.14. The minimum absolute atomic E-state index is 0.153. The van der Waals surface area contributed by atoms with Gasteiger partial charge in [-0.2, -0.15) is 0 Å². The van der Waals surface area contributed by atoms with E-state index in [9.17, 15) is 4.79 Å². The molecule has 3 heterocycles. The Bertz CT molecular complexity index is 770. The van der Waals surface area contributed by atoms with Gasteiger partial charge in [0.05, 0.1) is 30.6 Å². The molecule has 0 saturated heterocycles. The third kappa shape index (κ3) is 3.62. The standard InChI is InChI=1S/C18H19NO3S/c1-13-9-17(14(2)19(13)10-15-5-3-7-21-15)18(20)12-23-11-16-6-4-8-22-16/h3-9H,10-12H2,1-2H3. The summed E-state index contributed by atoms with van der Waals surface area (Å²) < 4.78 is 12.8. The normalized spacial score (nSPS) is 11.0. The van der Waals surface area contributed by atoms with Crippen LogP contribution in [0.2, 0.25) is 0 Å². The maximum Gasteiger partial charge on any atom is 0.174 e. The first kappa shape index (κ1) is 15.7.